The van der Waals surface area contributed by atoms with Gasteiger partial charge in [-0.1, -0.05) is 36.4 Å². The Morgan fingerprint density at radius 1 is 1.04 bits per heavy atom. The normalized spacial score (nSPS) is 11.4. The lowest BCUT2D eigenvalue weighted by Gasteiger charge is -2.13. The Morgan fingerprint density at radius 3 is 2.50 bits per heavy atom. The first-order valence-corrected chi connectivity index (χ1v) is 7.91. The number of hydrogen-bond donors (Lipinski definition) is 3. The third-order valence-electron chi connectivity index (χ3n) is 3.44. The number of amides is 3. The number of benzene rings is 1. The molecule has 1 atom stereocenters. The highest BCUT2D eigenvalue weighted by molar-refractivity contribution is 5.78. The molecule has 0 fully saturated rings. The van der Waals surface area contributed by atoms with Crippen molar-refractivity contribution in [2.75, 3.05) is 6.54 Å². The molecular weight excluding hydrogens is 304 g/mol. The zero-order chi connectivity index (χ0) is 17.2. The van der Waals surface area contributed by atoms with Crippen LogP contribution < -0.4 is 16.0 Å². The molecule has 0 bridgehead atoms. The minimum absolute atomic E-state index is 0.128. The molecule has 1 aromatic heterocycles. The Hall–Kier alpha value is -2.89. The van der Waals surface area contributed by atoms with Crippen LogP contribution in [0.2, 0.25) is 0 Å². The molecule has 6 heteroatoms. The average molecular weight is 326 g/mol. The minimum Gasteiger partial charge on any atom is -0.348 e. The second-order valence-corrected chi connectivity index (χ2v) is 5.39. The number of urea groups is 1. The second-order valence-electron chi connectivity index (χ2n) is 5.39. The van der Waals surface area contributed by atoms with Crippen molar-refractivity contribution < 1.29 is 9.59 Å². The van der Waals surface area contributed by atoms with Crippen molar-refractivity contribution in [3.63, 3.8) is 0 Å². The van der Waals surface area contributed by atoms with E-state index in [1.807, 2.05) is 55.5 Å². The van der Waals surface area contributed by atoms with Crippen LogP contribution in [-0.4, -0.2) is 23.5 Å². The molecule has 1 heterocycles. The number of rotatable bonds is 7. The van der Waals surface area contributed by atoms with Crippen LogP contribution in [0.15, 0.2) is 54.7 Å². The van der Waals surface area contributed by atoms with E-state index in [0.717, 1.165) is 11.3 Å². The number of nitrogens with one attached hydrogen (secondary N) is 3. The summed E-state index contributed by atoms with van der Waals surface area (Å²) < 4.78 is 0. The van der Waals surface area contributed by atoms with E-state index in [-0.39, 0.29) is 30.9 Å². The summed E-state index contributed by atoms with van der Waals surface area (Å²) in [4.78, 5) is 27.8. The van der Waals surface area contributed by atoms with E-state index in [9.17, 15) is 9.59 Å². The quantitative estimate of drug-likeness (QED) is 0.729. The van der Waals surface area contributed by atoms with Gasteiger partial charge in [-0.05, 0) is 24.6 Å². The van der Waals surface area contributed by atoms with Gasteiger partial charge in [-0.2, -0.15) is 0 Å². The SMILES string of the molecule is CC(NC(=O)CCNC(=O)NCc1ccccc1)c1ccccn1. The van der Waals surface area contributed by atoms with E-state index < -0.39 is 0 Å². The first-order chi connectivity index (χ1) is 11.6. The van der Waals surface area contributed by atoms with E-state index in [4.69, 9.17) is 0 Å². The predicted molar refractivity (Wildman–Crippen MR) is 92.1 cm³/mol. The monoisotopic (exact) mass is 326 g/mol. The zero-order valence-corrected chi connectivity index (χ0v) is 13.7. The van der Waals surface area contributed by atoms with Gasteiger partial charge in [-0.15, -0.1) is 0 Å². The molecule has 2 rings (SSSR count). The predicted octanol–water partition coefficient (Wildman–Crippen LogP) is 2.15. The maximum absolute atomic E-state index is 11.9. The van der Waals surface area contributed by atoms with Gasteiger partial charge in [-0.25, -0.2) is 4.79 Å². The maximum atomic E-state index is 11.9. The molecule has 3 amide bonds. The van der Waals surface area contributed by atoms with E-state index >= 15 is 0 Å². The Labute approximate surface area is 141 Å². The second kappa shape index (κ2) is 9.29. The van der Waals surface area contributed by atoms with Crippen LogP contribution in [-0.2, 0) is 11.3 Å². The molecule has 24 heavy (non-hydrogen) atoms. The van der Waals surface area contributed by atoms with Crippen molar-refractivity contribution in [1.29, 1.82) is 0 Å². The average Bonchev–Trinajstić information content (AvgIpc) is 2.61. The van der Waals surface area contributed by atoms with Crippen LogP contribution >= 0.6 is 0 Å². The number of pyridine rings is 1. The lowest BCUT2D eigenvalue weighted by molar-refractivity contribution is -0.121. The highest BCUT2D eigenvalue weighted by atomic mass is 16.2. The van der Waals surface area contributed by atoms with Gasteiger partial charge in [0.1, 0.15) is 0 Å². The molecular formula is C18H22N4O2. The molecule has 2 aromatic rings. The summed E-state index contributed by atoms with van der Waals surface area (Å²) >= 11 is 0. The largest absolute Gasteiger partial charge is 0.348 e. The van der Waals surface area contributed by atoms with Gasteiger partial charge in [0.15, 0.2) is 0 Å². The zero-order valence-electron chi connectivity index (χ0n) is 13.7. The molecule has 0 aliphatic carbocycles. The van der Waals surface area contributed by atoms with Gasteiger partial charge in [0.2, 0.25) is 5.91 Å². The number of nitrogens with zero attached hydrogens (tertiary/aromatic N) is 1. The van der Waals surface area contributed by atoms with Crippen LogP contribution in [0.4, 0.5) is 4.79 Å². The molecule has 6 nitrogen and oxygen atoms in total. The number of hydrogen-bond acceptors (Lipinski definition) is 3. The summed E-state index contributed by atoms with van der Waals surface area (Å²) in [7, 11) is 0. The molecule has 3 N–H and O–H groups in total. The topological polar surface area (TPSA) is 83.1 Å². The molecule has 0 saturated heterocycles. The number of aromatic nitrogens is 1. The van der Waals surface area contributed by atoms with Crippen molar-refractivity contribution >= 4 is 11.9 Å². The van der Waals surface area contributed by atoms with Crippen molar-refractivity contribution in [1.82, 2.24) is 20.9 Å². The Balaban J connectivity index is 1.62. The first kappa shape index (κ1) is 17.5. The molecule has 0 aliphatic rings. The Morgan fingerprint density at radius 2 is 1.79 bits per heavy atom. The highest BCUT2D eigenvalue weighted by Gasteiger charge is 2.10. The molecule has 0 aliphatic heterocycles. The first-order valence-electron chi connectivity index (χ1n) is 7.91. The molecule has 0 spiro atoms. The maximum Gasteiger partial charge on any atom is 0.315 e. The van der Waals surface area contributed by atoms with Crippen LogP contribution in [0.3, 0.4) is 0 Å². The van der Waals surface area contributed by atoms with Gasteiger partial charge in [0.25, 0.3) is 0 Å². The summed E-state index contributed by atoms with van der Waals surface area (Å²) in [5, 5.41) is 8.27. The lowest BCUT2D eigenvalue weighted by atomic mass is 10.2. The molecule has 0 saturated carbocycles. The number of carbonyl (C=O) groups excluding carboxylic acids is 2. The summed E-state index contributed by atoms with van der Waals surface area (Å²) in [6, 6.07) is 14.8. The molecule has 0 radical (unpaired) electrons. The third kappa shape index (κ3) is 6.08. The van der Waals surface area contributed by atoms with Gasteiger partial charge in [0, 0.05) is 25.7 Å². The fraction of sp³-hybridized carbons (Fsp3) is 0.278. The van der Waals surface area contributed by atoms with E-state index in [0.29, 0.717) is 6.54 Å². The molecule has 1 aromatic carbocycles. The third-order valence-corrected chi connectivity index (χ3v) is 3.44. The molecule has 126 valence electrons. The van der Waals surface area contributed by atoms with Crippen LogP contribution in [0.25, 0.3) is 0 Å². The summed E-state index contributed by atoms with van der Waals surface area (Å²) in [6.07, 6.45) is 1.91. The summed E-state index contributed by atoms with van der Waals surface area (Å²) in [5.74, 6) is -0.128. The Bertz CT molecular complexity index is 647. The fourth-order valence-corrected chi connectivity index (χ4v) is 2.15. The highest BCUT2D eigenvalue weighted by Crippen LogP contribution is 2.07. The van der Waals surface area contributed by atoms with Crippen LogP contribution in [0.5, 0.6) is 0 Å². The van der Waals surface area contributed by atoms with Crippen molar-refractivity contribution in [2.45, 2.75) is 25.9 Å². The fourth-order valence-electron chi connectivity index (χ4n) is 2.15. The standard InChI is InChI=1S/C18H22N4O2/c1-14(16-9-5-6-11-19-16)22-17(23)10-12-20-18(24)21-13-15-7-3-2-4-8-15/h2-9,11,14H,10,12-13H2,1H3,(H,22,23)(H2,20,21,24). The summed E-state index contributed by atoms with van der Waals surface area (Å²) in [6.45, 7) is 2.61. The van der Waals surface area contributed by atoms with E-state index in [2.05, 4.69) is 20.9 Å². The van der Waals surface area contributed by atoms with Crippen molar-refractivity contribution in [3.05, 3.63) is 66.0 Å². The lowest BCUT2D eigenvalue weighted by Crippen LogP contribution is -2.37. The molecule has 1 unspecified atom stereocenters. The van der Waals surface area contributed by atoms with Gasteiger partial charge in [-0.3, -0.25) is 9.78 Å². The van der Waals surface area contributed by atoms with Crippen LogP contribution in [0.1, 0.15) is 30.6 Å². The summed E-state index contributed by atoms with van der Waals surface area (Å²) in [5.41, 5.74) is 1.83. The van der Waals surface area contributed by atoms with Gasteiger partial charge < -0.3 is 16.0 Å². The number of carbonyl (C=O) groups is 2. The van der Waals surface area contributed by atoms with Gasteiger partial charge in [0.05, 0.1) is 11.7 Å². The van der Waals surface area contributed by atoms with Gasteiger partial charge >= 0.3 is 6.03 Å². The minimum atomic E-state index is -0.288. The van der Waals surface area contributed by atoms with E-state index in [1.165, 1.54) is 0 Å². The van der Waals surface area contributed by atoms with E-state index in [1.54, 1.807) is 6.20 Å². The Kier molecular flexibility index (Phi) is 6.76. The van der Waals surface area contributed by atoms with Crippen molar-refractivity contribution in [2.24, 2.45) is 0 Å². The smallest absolute Gasteiger partial charge is 0.315 e. The van der Waals surface area contributed by atoms with Crippen LogP contribution in [0, 0.1) is 0 Å². The van der Waals surface area contributed by atoms with Crippen molar-refractivity contribution in [3.8, 4) is 0 Å².